The van der Waals surface area contributed by atoms with Crippen molar-refractivity contribution in [2.45, 2.75) is 0 Å². The highest BCUT2D eigenvalue weighted by molar-refractivity contribution is 6.13. The predicted octanol–water partition coefficient (Wildman–Crippen LogP) is 11.0. The maximum Gasteiger partial charge on any atom is 0.167 e. The SMILES string of the molecule is C1=CC2C=CC(c3nc(-c4cccc5c4oc4ccccc45)nc(-c4cc(-c5ccccc5)cc5oc6ccccc6c45)n3)=CC2C=C1. The molecule has 0 bridgehead atoms. The third kappa shape index (κ3) is 4.28. The lowest BCUT2D eigenvalue weighted by molar-refractivity contribution is 0.662. The van der Waals surface area contributed by atoms with Gasteiger partial charge in [-0.3, -0.25) is 0 Å². The fourth-order valence-corrected chi connectivity index (χ4v) is 7.12. The van der Waals surface area contributed by atoms with Gasteiger partial charge in [-0.25, -0.2) is 15.0 Å². The molecule has 3 heterocycles. The Morgan fingerprint density at radius 1 is 0.479 bits per heavy atom. The Hall–Kier alpha value is -6.33. The third-order valence-electron chi connectivity index (χ3n) is 9.46. The molecule has 5 nitrogen and oxygen atoms in total. The Morgan fingerprint density at radius 3 is 2.02 bits per heavy atom. The zero-order chi connectivity index (χ0) is 31.6. The van der Waals surface area contributed by atoms with E-state index in [1.165, 1.54) is 0 Å². The van der Waals surface area contributed by atoms with Crippen LogP contribution < -0.4 is 0 Å². The molecule has 2 unspecified atom stereocenters. The van der Waals surface area contributed by atoms with Crippen molar-refractivity contribution in [2.75, 3.05) is 0 Å². The van der Waals surface area contributed by atoms with Gasteiger partial charge in [0.05, 0.1) is 5.56 Å². The summed E-state index contributed by atoms with van der Waals surface area (Å²) >= 11 is 0. The molecule has 0 fully saturated rings. The van der Waals surface area contributed by atoms with Crippen molar-refractivity contribution in [1.82, 2.24) is 15.0 Å². The maximum absolute atomic E-state index is 6.47. The fraction of sp³-hybridized carbons (Fsp3) is 0.0465. The van der Waals surface area contributed by atoms with Crippen LogP contribution in [0.3, 0.4) is 0 Å². The lowest BCUT2D eigenvalue weighted by atomic mass is 9.83. The molecule has 10 rings (SSSR count). The van der Waals surface area contributed by atoms with Crippen molar-refractivity contribution < 1.29 is 8.83 Å². The van der Waals surface area contributed by atoms with Gasteiger partial charge < -0.3 is 8.83 Å². The zero-order valence-corrected chi connectivity index (χ0v) is 25.7. The van der Waals surface area contributed by atoms with Crippen LogP contribution in [-0.4, -0.2) is 15.0 Å². The van der Waals surface area contributed by atoms with E-state index in [1.54, 1.807) is 0 Å². The van der Waals surface area contributed by atoms with Gasteiger partial charge in [0.1, 0.15) is 22.3 Å². The number of furan rings is 2. The molecule has 0 radical (unpaired) electrons. The molecule has 3 aromatic heterocycles. The van der Waals surface area contributed by atoms with E-state index in [4.69, 9.17) is 23.8 Å². The monoisotopic (exact) mass is 617 g/mol. The molecule has 0 aliphatic heterocycles. The summed E-state index contributed by atoms with van der Waals surface area (Å²) in [7, 11) is 0. The van der Waals surface area contributed by atoms with E-state index >= 15 is 0 Å². The van der Waals surface area contributed by atoms with E-state index in [1.807, 2.05) is 54.6 Å². The molecule has 0 saturated heterocycles. The Labute approximate surface area is 275 Å². The van der Waals surface area contributed by atoms with E-state index in [2.05, 4.69) is 97.1 Å². The van der Waals surface area contributed by atoms with Gasteiger partial charge in [-0.1, -0.05) is 121 Å². The Morgan fingerprint density at radius 2 is 1.17 bits per heavy atom. The van der Waals surface area contributed by atoms with Crippen LogP contribution in [0.5, 0.6) is 0 Å². The van der Waals surface area contributed by atoms with E-state index in [0.717, 1.165) is 71.7 Å². The van der Waals surface area contributed by atoms with E-state index in [9.17, 15) is 0 Å². The molecular weight excluding hydrogens is 590 g/mol. The van der Waals surface area contributed by atoms with Gasteiger partial charge in [0.25, 0.3) is 0 Å². The van der Waals surface area contributed by atoms with Gasteiger partial charge in [-0.15, -0.1) is 0 Å². The van der Waals surface area contributed by atoms with Gasteiger partial charge in [0.15, 0.2) is 17.5 Å². The van der Waals surface area contributed by atoms with Gasteiger partial charge in [0, 0.05) is 44.5 Å². The first-order valence-corrected chi connectivity index (χ1v) is 16.2. The smallest absolute Gasteiger partial charge is 0.167 e. The van der Waals surface area contributed by atoms with E-state index < -0.39 is 0 Å². The van der Waals surface area contributed by atoms with Crippen molar-refractivity contribution in [3.05, 3.63) is 158 Å². The average Bonchev–Trinajstić information content (AvgIpc) is 3.73. The highest BCUT2D eigenvalue weighted by Crippen LogP contribution is 2.41. The number of fused-ring (bicyclic) bond motifs is 7. The standard InChI is InChI=1S/C43H27N3O2/c1-2-11-26(12-3-1)30-24-35(39-33-16-7-9-20-37(33)47-38(39)25-30)43-45-41(29-22-21-27-13-4-5-14-28(27)23-29)44-42(46-43)34-18-10-17-32-31-15-6-8-19-36(31)48-40(32)34/h1-25,27-28H. The van der Waals surface area contributed by atoms with Gasteiger partial charge in [-0.2, -0.15) is 0 Å². The van der Waals surface area contributed by atoms with Gasteiger partial charge in [-0.05, 0) is 41.5 Å². The molecule has 8 aromatic rings. The summed E-state index contributed by atoms with van der Waals surface area (Å²) < 4.78 is 12.9. The zero-order valence-electron chi connectivity index (χ0n) is 25.7. The summed E-state index contributed by atoms with van der Waals surface area (Å²) in [4.78, 5) is 15.6. The average molecular weight is 618 g/mol. The maximum atomic E-state index is 6.47. The van der Waals surface area contributed by atoms with Crippen molar-refractivity contribution in [2.24, 2.45) is 11.8 Å². The second-order valence-electron chi connectivity index (χ2n) is 12.4. The summed E-state index contributed by atoms with van der Waals surface area (Å²) in [6.07, 6.45) is 15.3. The molecule has 48 heavy (non-hydrogen) atoms. The highest BCUT2D eigenvalue weighted by Gasteiger charge is 2.24. The van der Waals surface area contributed by atoms with E-state index in [-0.39, 0.29) is 5.92 Å². The van der Waals surface area contributed by atoms with Crippen molar-refractivity contribution >= 4 is 49.5 Å². The normalized spacial score (nSPS) is 17.0. The Kier molecular flexibility index (Phi) is 5.93. The number of allylic oxidation sites excluding steroid dienone is 8. The van der Waals surface area contributed by atoms with Crippen molar-refractivity contribution in [3.63, 3.8) is 0 Å². The number of aromatic nitrogens is 3. The summed E-state index contributed by atoms with van der Waals surface area (Å²) in [6.45, 7) is 0. The molecule has 5 aromatic carbocycles. The molecule has 0 N–H and O–H groups in total. The number of rotatable bonds is 4. The topological polar surface area (TPSA) is 65.0 Å². The Balaban J connectivity index is 1.27. The van der Waals surface area contributed by atoms with Crippen LogP contribution in [0.1, 0.15) is 5.82 Å². The quantitative estimate of drug-likeness (QED) is 0.197. The largest absolute Gasteiger partial charge is 0.456 e. The molecule has 0 amide bonds. The summed E-state index contributed by atoms with van der Waals surface area (Å²) in [5.41, 5.74) is 7.98. The van der Waals surface area contributed by atoms with Crippen LogP contribution in [0.4, 0.5) is 0 Å². The summed E-state index contributed by atoms with van der Waals surface area (Å²) in [5, 5.41) is 4.08. The minimum Gasteiger partial charge on any atom is -0.456 e. The third-order valence-corrected chi connectivity index (χ3v) is 9.46. The summed E-state index contributed by atoms with van der Waals surface area (Å²) in [6, 6.07) is 37.1. The predicted molar refractivity (Wildman–Crippen MR) is 193 cm³/mol. The van der Waals surface area contributed by atoms with Crippen LogP contribution in [0.2, 0.25) is 0 Å². The first kappa shape index (κ1) is 26.8. The van der Waals surface area contributed by atoms with Crippen LogP contribution in [0.25, 0.3) is 83.4 Å². The molecule has 226 valence electrons. The van der Waals surface area contributed by atoms with Crippen LogP contribution in [-0.2, 0) is 0 Å². The van der Waals surface area contributed by atoms with Gasteiger partial charge >= 0.3 is 0 Å². The molecule has 2 atom stereocenters. The number of hydrogen-bond acceptors (Lipinski definition) is 5. The number of para-hydroxylation sites is 3. The first-order valence-electron chi connectivity index (χ1n) is 16.2. The Bertz CT molecular complexity index is 2690. The number of nitrogens with zero attached hydrogens (tertiary/aromatic N) is 3. The lowest BCUT2D eigenvalue weighted by Crippen LogP contribution is -2.12. The highest BCUT2D eigenvalue weighted by atomic mass is 16.3. The molecule has 2 aliphatic carbocycles. The fourth-order valence-electron chi connectivity index (χ4n) is 7.12. The minimum absolute atomic E-state index is 0.239. The molecule has 0 saturated carbocycles. The van der Waals surface area contributed by atoms with Crippen LogP contribution in [0, 0.1) is 11.8 Å². The second-order valence-corrected chi connectivity index (χ2v) is 12.4. The molecular formula is C43H27N3O2. The van der Waals surface area contributed by atoms with Crippen molar-refractivity contribution in [3.8, 4) is 33.9 Å². The second kappa shape index (κ2) is 10.6. The first-order chi connectivity index (χ1) is 23.8. The summed E-state index contributed by atoms with van der Waals surface area (Å²) in [5.74, 6) is 2.31. The number of benzene rings is 5. The lowest BCUT2D eigenvalue weighted by Gasteiger charge is -2.22. The van der Waals surface area contributed by atoms with Crippen LogP contribution >= 0.6 is 0 Å². The van der Waals surface area contributed by atoms with E-state index in [0.29, 0.717) is 23.4 Å². The van der Waals surface area contributed by atoms with Crippen molar-refractivity contribution in [1.29, 1.82) is 0 Å². The molecule has 2 aliphatic rings. The van der Waals surface area contributed by atoms with Gasteiger partial charge in [0.2, 0.25) is 0 Å². The molecule has 5 heteroatoms. The van der Waals surface area contributed by atoms with Crippen LogP contribution in [0.15, 0.2) is 161 Å². The molecule has 0 spiro atoms. The number of hydrogen-bond donors (Lipinski definition) is 0. The minimum atomic E-state index is 0.239.